The minimum atomic E-state index is -0.761. The molecule has 0 spiro atoms. The number of benzene rings is 1. The number of rotatable bonds is 7. The molecule has 0 radical (unpaired) electrons. The van der Waals surface area contributed by atoms with Gasteiger partial charge in [0.2, 0.25) is 0 Å². The van der Waals surface area contributed by atoms with Crippen molar-refractivity contribution in [1.82, 2.24) is 5.32 Å². The molecule has 19 heavy (non-hydrogen) atoms. The van der Waals surface area contributed by atoms with Crippen LogP contribution in [0.3, 0.4) is 0 Å². The van der Waals surface area contributed by atoms with E-state index in [0.29, 0.717) is 18.9 Å². The molecule has 3 nitrogen and oxygen atoms in total. The second kappa shape index (κ2) is 6.20. The highest BCUT2D eigenvalue weighted by molar-refractivity contribution is 5.73. The van der Waals surface area contributed by atoms with E-state index < -0.39 is 12.0 Å². The Morgan fingerprint density at radius 3 is 2.42 bits per heavy atom. The number of hydrogen-bond acceptors (Lipinski definition) is 2. The van der Waals surface area contributed by atoms with Gasteiger partial charge in [0, 0.05) is 6.54 Å². The third-order valence-electron chi connectivity index (χ3n) is 3.59. The molecule has 0 saturated heterocycles. The van der Waals surface area contributed by atoms with E-state index in [1.165, 1.54) is 18.4 Å². The lowest BCUT2D eigenvalue weighted by molar-refractivity contribution is -0.140. The highest BCUT2D eigenvalue weighted by atomic mass is 16.4. The van der Waals surface area contributed by atoms with Gasteiger partial charge in [0.25, 0.3) is 0 Å². The van der Waals surface area contributed by atoms with Gasteiger partial charge in [0.15, 0.2) is 0 Å². The summed E-state index contributed by atoms with van der Waals surface area (Å²) in [5.74, 6) is 0.392. The van der Waals surface area contributed by atoms with Crippen molar-refractivity contribution in [2.24, 2.45) is 5.92 Å². The zero-order valence-electron chi connectivity index (χ0n) is 11.7. The Labute approximate surface area is 115 Å². The molecule has 1 aliphatic rings. The topological polar surface area (TPSA) is 49.3 Å². The molecule has 0 amide bonds. The van der Waals surface area contributed by atoms with Crippen LogP contribution in [0.4, 0.5) is 0 Å². The van der Waals surface area contributed by atoms with Crippen LogP contribution in [0.2, 0.25) is 0 Å². The Hall–Kier alpha value is -1.35. The third-order valence-corrected chi connectivity index (χ3v) is 3.59. The van der Waals surface area contributed by atoms with Crippen molar-refractivity contribution in [3.8, 4) is 0 Å². The molecule has 1 saturated carbocycles. The van der Waals surface area contributed by atoms with Crippen molar-refractivity contribution in [3.63, 3.8) is 0 Å². The summed E-state index contributed by atoms with van der Waals surface area (Å²) in [6, 6.07) is 8.10. The van der Waals surface area contributed by atoms with Gasteiger partial charge in [-0.3, -0.25) is 4.79 Å². The Morgan fingerprint density at radius 1 is 1.32 bits per heavy atom. The molecule has 0 bridgehead atoms. The fourth-order valence-corrected chi connectivity index (χ4v) is 2.31. The van der Waals surface area contributed by atoms with E-state index in [0.717, 1.165) is 11.5 Å². The van der Waals surface area contributed by atoms with Crippen LogP contribution in [-0.2, 0) is 11.3 Å². The van der Waals surface area contributed by atoms with Crippen molar-refractivity contribution in [3.05, 3.63) is 35.4 Å². The van der Waals surface area contributed by atoms with Gasteiger partial charge < -0.3 is 10.4 Å². The third kappa shape index (κ3) is 4.35. The fourth-order valence-electron chi connectivity index (χ4n) is 2.31. The van der Waals surface area contributed by atoms with Gasteiger partial charge in [-0.15, -0.1) is 0 Å². The highest BCUT2D eigenvalue weighted by Crippen LogP contribution is 2.39. The summed E-state index contributed by atoms with van der Waals surface area (Å²) in [7, 11) is 0. The molecule has 0 unspecified atom stereocenters. The molecule has 1 fully saturated rings. The van der Waals surface area contributed by atoms with Crippen LogP contribution in [0.15, 0.2) is 24.3 Å². The van der Waals surface area contributed by atoms with Crippen molar-refractivity contribution in [2.75, 3.05) is 0 Å². The summed E-state index contributed by atoms with van der Waals surface area (Å²) in [6.07, 6.45) is 3.29. The molecule has 1 atom stereocenters. The van der Waals surface area contributed by atoms with Crippen LogP contribution >= 0.6 is 0 Å². The van der Waals surface area contributed by atoms with E-state index in [2.05, 4.69) is 29.6 Å². The first-order valence-corrected chi connectivity index (χ1v) is 7.11. The van der Waals surface area contributed by atoms with Crippen molar-refractivity contribution in [2.45, 2.75) is 51.6 Å². The second-order valence-electron chi connectivity index (χ2n) is 5.92. The molecule has 1 aromatic rings. The predicted molar refractivity (Wildman–Crippen MR) is 76.1 cm³/mol. The zero-order valence-corrected chi connectivity index (χ0v) is 11.7. The first-order valence-electron chi connectivity index (χ1n) is 7.11. The van der Waals surface area contributed by atoms with Crippen molar-refractivity contribution in [1.29, 1.82) is 0 Å². The number of carboxylic acids is 1. The van der Waals surface area contributed by atoms with Crippen molar-refractivity contribution < 1.29 is 9.90 Å². The molecule has 1 aliphatic carbocycles. The SMILES string of the molecule is CC(C)C[C@H](NCc1ccc(C2CC2)cc1)C(=O)O. The standard InChI is InChI=1S/C16H23NO2/c1-11(2)9-15(16(18)19)17-10-12-3-5-13(6-4-12)14-7-8-14/h3-6,11,14-15,17H,7-10H2,1-2H3,(H,18,19)/t15-/m0/s1. The lowest BCUT2D eigenvalue weighted by atomic mass is 10.0. The van der Waals surface area contributed by atoms with E-state index in [1.807, 2.05) is 13.8 Å². The normalized spacial score (nSPS) is 16.6. The zero-order chi connectivity index (χ0) is 13.8. The molecular weight excluding hydrogens is 238 g/mol. The Bertz CT molecular complexity index is 421. The quantitative estimate of drug-likeness (QED) is 0.792. The minimum absolute atomic E-state index is 0.380. The van der Waals surface area contributed by atoms with Crippen LogP contribution in [-0.4, -0.2) is 17.1 Å². The van der Waals surface area contributed by atoms with Crippen LogP contribution in [0.5, 0.6) is 0 Å². The summed E-state index contributed by atoms with van der Waals surface area (Å²) in [4.78, 5) is 11.1. The van der Waals surface area contributed by atoms with Crippen LogP contribution in [0, 0.1) is 5.92 Å². The molecule has 0 heterocycles. The second-order valence-corrected chi connectivity index (χ2v) is 5.92. The summed E-state index contributed by atoms with van der Waals surface area (Å²) < 4.78 is 0. The number of nitrogens with one attached hydrogen (secondary N) is 1. The van der Waals surface area contributed by atoms with Gasteiger partial charge in [-0.1, -0.05) is 38.1 Å². The maximum atomic E-state index is 11.1. The highest BCUT2D eigenvalue weighted by Gasteiger charge is 2.23. The van der Waals surface area contributed by atoms with Crippen molar-refractivity contribution >= 4 is 5.97 Å². The average molecular weight is 261 g/mol. The number of carbonyl (C=O) groups is 1. The smallest absolute Gasteiger partial charge is 0.320 e. The number of carboxylic acid groups (broad SMARTS) is 1. The largest absolute Gasteiger partial charge is 0.480 e. The molecule has 0 aliphatic heterocycles. The summed E-state index contributed by atoms with van der Waals surface area (Å²) in [5.41, 5.74) is 2.57. The van der Waals surface area contributed by atoms with Gasteiger partial charge >= 0.3 is 5.97 Å². The molecule has 3 heteroatoms. The number of hydrogen-bond donors (Lipinski definition) is 2. The van der Waals surface area contributed by atoms with E-state index in [9.17, 15) is 4.79 Å². The molecule has 2 N–H and O–H groups in total. The number of aliphatic carboxylic acids is 1. The van der Waals surface area contributed by atoms with E-state index >= 15 is 0 Å². The monoisotopic (exact) mass is 261 g/mol. The Kier molecular flexibility index (Phi) is 4.59. The summed E-state index contributed by atoms with van der Waals surface area (Å²) >= 11 is 0. The first-order chi connectivity index (χ1) is 9.06. The lowest BCUT2D eigenvalue weighted by Crippen LogP contribution is -2.37. The van der Waals surface area contributed by atoms with Gasteiger partial charge in [-0.25, -0.2) is 0 Å². The minimum Gasteiger partial charge on any atom is -0.480 e. The maximum Gasteiger partial charge on any atom is 0.320 e. The maximum absolute atomic E-state index is 11.1. The molecular formula is C16H23NO2. The van der Waals surface area contributed by atoms with Gasteiger partial charge in [-0.05, 0) is 42.2 Å². The van der Waals surface area contributed by atoms with Crippen LogP contribution in [0.25, 0.3) is 0 Å². The van der Waals surface area contributed by atoms with Gasteiger partial charge in [0.1, 0.15) is 6.04 Å². The molecule has 2 rings (SSSR count). The summed E-state index contributed by atoms with van der Waals surface area (Å²) in [5, 5.41) is 12.3. The van der Waals surface area contributed by atoms with Gasteiger partial charge in [-0.2, -0.15) is 0 Å². The molecule has 104 valence electrons. The predicted octanol–water partition coefficient (Wildman–Crippen LogP) is 3.15. The van der Waals surface area contributed by atoms with E-state index in [1.54, 1.807) is 0 Å². The molecule has 0 aromatic heterocycles. The van der Waals surface area contributed by atoms with E-state index in [4.69, 9.17) is 5.11 Å². The molecule has 1 aromatic carbocycles. The van der Waals surface area contributed by atoms with Crippen LogP contribution in [0.1, 0.15) is 50.2 Å². The average Bonchev–Trinajstić information content (AvgIpc) is 3.18. The summed E-state index contributed by atoms with van der Waals surface area (Å²) in [6.45, 7) is 4.71. The Balaban J connectivity index is 1.87. The fraction of sp³-hybridized carbons (Fsp3) is 0.562. The van der Waals surface area contributed by atoms with Gasteiger partial charge in [0.05, 0.1) is 0 Å². The van der Waals surface area contributed by atoms with E-state index in [-0.39, 0.29) is 0 Å². The Morgan fingerprint density at radius 2 is 1.95 bits per heavy atom. The van der Waals surface area contributed by atoms with Crippen LogP contribution < -0.4 is 5.32 Å². The first kappa shape index (κ1) is 14.1. The lowest BCUT2D eigenvalue weighted by Gasteiger charge is -2.16.